The van der Waals surface area contributed by atoms with Crippen LogP contribution in [0.15, 0.2) is 47.8 Å². The molecule has 6 nitrogen and oxygen atoms in total. The number of anilines is 2. The molecule has 0 saturated carbocycles. The van der Waals surface area contributed by atoms with Gasteiger partial charge >= 0.3 is 6.18 Å². The summed E-state index contributed by atoms with van der Waals surface area (Å²) in [5, 5.41) is 7.66. The highest BCUT2D eigenvalue weighted by atomic mass is 32.1. The third-order valence-electron chi connectivity index (χ3n) is 4.55. The molecule has 31 heavy (non-hydrogen) atoms. The first-order chi connectivity index (χ1) is 14.7. The molecule has 2 heterocycles. The molecular formula is C21H16F3N3O3S. The second-order valence-electron chi connectivity index (χ2n) is 6.90. The van der Waals surface area contributed by atoms with Crippen molar-refractivity contribution < 1.29 is 27.5 Å². The number of benzene rings is 2. The molecular weight excluding hydrogens is 431 g/mol. The molecule has 2 aromatic carbocycles. The number of amides is 2. The van der Waals surface area contributed by atoms with Crippen molar-refractivity contribution >= 4 is 34.5 Å². The number of carbonyl (C=O) groups excluding carboxylic acids is 2. The number of fused-ring (bicyclic) bond motifs is 1. The van der Waals surface area contributed by atoms with Crippen molar-refractivity contribution in [3.63, 3.8) is 0 Å². The first kappa shape index (κ1) is 20.9. The molecule has 4 rings (SSSR count). The molecule has 0 fully saturated rings. The van der Waals surface area contributed by atoms with Gasteiger partial charge in [-0.1, -0.05) is 12.1 Å². The van der Waals surface area contributed by atoms with E-state index in [0.29, 0.717) is 33.4 Å². The number of carbonyl (C=O) groups is 2. The maximum absolute atomic E-state index is 12.7. The minimum absolute atomic E-state index is 0.00584. The first-order valence-corrected chi connectivity index (χ1v) is 10.1. The topological polar surface area (TPSA) is 80.3 Å². The Balaban J connectivity index is 1.41. The van der Waals surface area contributed by atoms with Crippen molar-refractivity contribution in [3.8, 4) is 16.3 Å². The van der Waals surface area contributed by atoms with Crippen molar-refractivity contribution in [2.75, 3.05) is 10.6 Å². The molecule has 0 bridgehead atoms. The number of thiazole rings is 1. The first-order valence-electron chi connectivity index (χ1n) is 9.22. The maximum atomic E-state index is 12.7. The summed E-state index contributed by atoms with van der Waals surface area (Å²) in [6.45, 7) is 1.64. The number of rotatable bonds is 4. The summed E-state index contributed by atoms with van der Waals surface area (Å²) in [6.07, 6.45) is -4.99. The van der Waals surface area contributed by atoms with Gasteiger partial charge in [-0.3, -0.25) is 9.59 Å². The molecule has 0 aliphatic carbocycles. The van der Waals surface area contributed by atoms with Crippen molar-refractivity contribution in [3.05, 3.63) is 59.1 Å². The average Bonchev–Trinajstić information content (AvgIpc) is 3.17. The standard InChI is InChI=1S/C21H16F3N3O3S/c1-11-19(29)27-16-8-14(6-7-17(16)30-11)25-18(28)9-15-10-31-20(26-15)12-2-4-13(5-3-12)21(22,23)24/h2-8,10-11H,9H2,1H3,(H,25,28)(H,27,29). The monoisotopic (exact) mass is 447 g/mol. The van der Waals surface area contributed by atoms with E-state index >= 15 is 0 Å². The van der Waals surface area contributed by atoms with Crippen molar-refractivity contribution in [2.24, 2.45) is 0 Å². The lowest BCUT2D eigenvalue weighted by Gasteiger charge is -2.23. The van der Waals surface area contributed by atoms with Gasteiger partial charge in [0.2, 0.25) is 5.91 Å². The predicted molar refractivity (Wildman–Crippen MR) is 110 cm³/mol. The summed E-state index contributed by atoms with van der Waals surface area (Å²) in [5.74, 6) is -0.0688. The van der Waals surface area contributed by atoms with E-state index in [0.717, 1.165) is 12.1 Å². The number of hydrogen-bond donors (Lipinski definition) is 2. The van der Waals surface area contributed by atoms with Crippen LogP contribution in [0.25, 0.3) is 10.6 Å². The summed E-state index contributed by atoms with van der Waals surface area (Å²) in [4.78, 5) is 28.5. The van der Waals surface area contributed by atoms with Gasteiger partial charge in [0.05, 0.1) is 23.4 Å². The fourth-order valence-electron chi connectivity index (χ4n) is 2.98. The largest absolute Gasteiger partial charge is 0.479 e. The Bertz CT molecular complexity index is 1140. The number of alkyl halides is 3. The molecule has 0 saturated heterocycles. The Hall–Kier alpha value is -3.40. The van der Waals surface area contributed by atoms with Crippen LogP contribution >= 0.6 is 11.3 Å². The van der Waals surface area contributed by atoms with Crippen LogP contribution in [0.4, 0.5) is 24.5 Å². The van der Waals surface area contributed by atoms with E-state index in [9.17, 15) is 22.8 Å². The van der Waals surface area contributed by atoms with Crippen LogP contribution < -0.4 is 15.4 Å². The van der Waals surface area contributed by atoms with Gasteiger partial charge in [0.15, 0.2) is 6.10 Å². The lowest BCUT2D eigenvalue weighted by Crippen LogP contribution is -2.34. The highest BCUT2D eigenvalue weighted by Crippen LogP contribution is 2.33. The highest BCUT2D eigenvalue weighted by molar-refractivity contribution is 7.13. The van der Waals surface area contributed by atoms with E-state index < -0.39 is 17.8 Å². The minimum Gasteiger partial charge on any atom is -0.479 e. The lowest BCUT2D eigenvalue weighted by atomic mass is 10.1. The molecule has 1 aliphatic heterocycles. The van der Waals surface area contributed by atoms with Crippen LogP contribution in [0, 0.1) is 0 Å². The van der Waals surface area contributed by atoms with Gasteiger partial charge < -0.3 is 15.4 Å². The number of halogens is 3. The van der Waals surface area contributed by atoms with Crippen LogP contribution in [-0.2, 0) is 22.2 Å². The highest BCUT2D eigenvalue weighted by Gasteiger charge is 2.30. The molecule has 2 amide bonds. The van der Waals surface area contributed by atoms with Crippen molar-refractivity contribution in [1.82, 2.24) is 4.98 Å². The number of ether oxygens (including phenoxy) is 1. The van der Waals surface area contributed by atoms with Crippen molar-refractivity contribution in [2.45, 2.75) is 25.6 Å². The van der Waals surface area contributed by atoms with E-state index in [2.05, 4.69) is 15.6 Å². The quantitative estimate of drug-likeness (QED) is 0.606. The number of hydrogen-bond acceptors (Lipinski definition) is 5. The Morgan fingerprint density at radius 2 is 1.97 bits per heavy atom. The van der Waals surface area contributed by atoms with Crippen LogP contribution in [0.5, 0.6) is 5.75 Å². The van der Waals surface area contributed by atoms with E-state index in [4.69, 9.17) is 4.74 Å². The summed E-state index contributed by atoms with van der Waals surface area (Å²) >= 11 is 1.25. The van der Waals surface area contributed by atoms with Gasteiger partial charge in [-0.15, -0.1) is 11.3 Å². The van der Waals surface area contributed by atoms with Crippen LogP contribution in [0.3, 0.4) is 0 Å². The molecule has 2 N–H and O–H groups in total. The zero-order valence-electron chi connectivity index (χ0n) is 16.1. The summed E-state index contributed by atoms with van der Waals surface area (Å²) < 4.78 is 43.6. The molecule has 3 aromatic rings. The summed E-state index contributed by atoms with van der Waals surface area (Å²) in [6, 6.07) is 9.64. The minimum atomic E-state index is -4.39. The molecule has 10 heteroatoms. The fraction of sp³-hybridized carbons (Fsp3) is 0.190. The molecule has 0 radical (unpaired) electrons. The second-order valence-corrected chi connectivity index (χ2v) is 7.76. The Morgan fingerprint density at radius 3 is 2.68 bits per heavy atom. The SMILES string of the molecule is CC1Oc2ccc(NC(=O)Cc3csc(-c4ccc(C(F)(F)F)cc4)n3)cc2NC1=O. The Kier molecular flexibility index (Phi) is 5.40. The van der Waals surface area contributed by atoms with Gasteiger partial charge in [-0.05, 0) is 37.3 Å². The van der Waals surface area contributed by atoms with Gasteiger partial charge in [-0.25, -0.2) is 4.98 Å². The van der Waals surface area contributed by atoms with Gasteiger partial charge in [-0.2, -0.15) is 13.2 Å². The zero-order chi connectivity index (χ0) is 22.2. The molecule has 1 atom stereocenters. The second kappa shape index (κ2) is 8.03. The molecule has 1 aromatic heterocycles. The number of nitrogens with one attached hydrogen (secondary N) is 2. The summed E-state index contributed by atoms with van der Waals surface area (Å²) in [7, 11) is 0. The molecule has 0 spiro atoms. The van der Waals surface area contributed by atoms with Crippen LogP contribution in [-0.4, -0.2) is 22.9 Å². The Morgan fingerprint density at radius 1 is 1.23 bits per heavy atom. The van der Waals surface area contributed by atoms with Crippen LogP contribution in [0.1, 0.15) is 18.2 Å². The van der Waals surface area contributed by atoms with Crippen LogP contribution in [0.2, 0.25) is 0 Å². The number of aromatic nitrogens is 1. The van der Waals surface area contributed by atoms with E-state index in [1.807, 2.05) is 0 Å². The fourth-order valence-corrected chi connectivity index (χ4v) is 3.80. The third kappa shape index (κ3) is 4.69. The third-order valence-corrected chi connectivity index (χ3v) is 5.49. The maximum Gasteiger partial charge on any atom is 0.416 e. The predicted octanol–water partition coefficient (Wildman–Crippen LogP) is 4.73. The number of nitrogens with zero attached hydrogens (tertiary/aromatic N) is 1. The van der Waals surface area contributed by atoms with Gasteiger partial charge in [0, 0.05) is 16.6 Å². The van der Waals surface area contributed by atoms with E-state index in [1.165, 1.54) is 23.5 Å². The smallest absolute Gasteiger partial charge is 0.416 e. The van der Waals surface area contributed by atoms with Gasteiger partial charge in [0.1, 0.15) is 10.8 Å². The Labute approximate surface area is 179 Å². The van der Waals surface area contributed by atoms with E-state index in [1.54, 1.807) is 30.5 Å². The zero-order valence-corrected chi connectivity index (χ0v) is 16.9. The van der Waals surface area contributed by atoms with E-state index in [-0.39, 0.29) is 18.2 Å². The molecule has 160 valence electrons. The van der Waals surface area contributed by atoms with Crippen molar-refractivity contribution in [1.29, 1.82) is 0 Å². The molecule has 1 unspecified atom stereocenters. The lowest BCUT2D eigenvalue weighted by molar-refractivity contribution is -0.137. The van der Waals surface area contributed by atoms with Gasteiger partial charge in [0.25, 0.3) is 5.91 Å². The molecule has 1 aliphatic rings. The summed E-state index contributed by atoms with van der Waals surface area (Å²) in [5.41, 5.74) is 1.28. The average molecular weight is 447 g/mol. The normalized spacial score (nSPS) is 15.6.